The SMILES string of the molecule is CC(C)CC(C)N(C)c1nnc(SCC(=O)O)n1C1CC1. The first kappa shape index (κ1) is 16.1. The Hall–Kier alpha value is -1.24. The van der Waals surface area contributed by atoms with Crippen LogP contribution in [-0.2, 0) is 4.79 Å². The number of thioether (sulfide) groups is 1. The van der Waals surface area contributed by atoms with Crippen LogP contribution in [0.4, 0.5) is 5.95 Å². The highest BCUT2D eigenvalue weighted by Gasteiger charge is 2.32. The van der Waals surface area contributed by atoms with Crippen molar-refractivity contribution < 1.29 is 9.90 Å². The van der Waals surface area contributed by atoms with Crippen LogP contribution in [0.1, 0.15) is 46.1 Å². The zero-order valence-corrected chi connectivity index (χ0v) is 13.9. The van der Waals surface area contributed by atoms with E-state index >= 15 is 0 Å². The van der Waals surface area contributed by atoms with Crippen molar-refractivity contribution in [3.8, 4) is 0 Å². The van der Waals surface area contributed by atoms with Gasteiger partial charge in [0.1, 0.15) is 0 Å². The van der Waals surface area contributed by atoms with Crippen LogP contribution < -0.4 is 4.90 Å². The number of carboxylic acid groups (broad SMARTS) is 1. The molecule has 1 aromatic heterocycles. The van der Waals surface area contributed by atoms with Gasteiger partial charge in [0.15, 0.2) is 5.16 Å². The summed E-state index contributed by atoms with van der Waals surface area (Å²) in [6.07, 6.45) is 3.34. The summed E-state index contributed by atoms with van der Waals surface area (Å²) in [7, 11) is 2.04. The fourth-order valence-corrected chi connectivity index (χ4v) is 3.15. The number of carboxylic acids is 1. The molecule has 21 heavy (non-hydrogen) atoms. The highest BCUT2D eigenvalue weighted by Crippen LogP contribution is 2.41. The monoisotopic (exact) mass is 312 g/mol. The number of nitrogens with zero attached hydrogens (tertiary/aromatic N) is 4. The van der Waals surface area contributed by atoms with E-state index < -0.39 is 5.97 Å². The van der Waals surface area contributed by atoms with Crippen molar-refractivity contribution in [1.29, 1.82) is 0 Å². The van der Waals surface area contributed by atoms with Gasteiger partial charge in [0.05, 0.1) is 5.75 Å². The van der Waals surface area contributed by atoms with Crippen LogP contribution in [0.25, 0.3) is 0 Å². The van der Waals surface area contributed by atoms with Crippen LogP contribution in [0, 0.1) is 5.92 Å². The lowest BCUT2D eigenvalue weighted by molar-refractivity contribution is -0.133. The van der Waals surface area contributed by atoms with Crippen LogP contribution in [0.2, 0.25) is 0 Å². The number of anilines is 1. The molecule has 1 unspecified atom stereocenters. The van der Waals surface area contributed by atoms with E-state index in [1.54, 1.807) is 0 Å². The van der Waals surface area contributed by atoms with Gasteiger partial charge in [-0.15, -0.1) is 10.2 Å². The van der Waals surface area contributed by atoms with Gasteiger partial charge >= 0.3 is 5.97 Å². The van der Waals surface area contributed by atoms with Crippen molar-refractivity contribution in [2.24, 2.45) is 5.92 Å². The summed E-state index contributed by atoms with van der Waals surface area (Å²) >= 11 is 1.25. The van der Waals surface area contributed by atoms with E-state index in [1.165, 1.54) is 11.8 Å². The molecule has 1 atom stereocenters. The first-order valence-electron chi connectivity index (χ1n) is 7.42. The minimum absolute atomic E-state index is 0.0239. The Kier molecular flexibility index (Phi) is 5.13. The Labute approximate surface area is 129 Å². The normalized spacial score (nSPS) is 16.2. The molecule has 0 bridgehead atoms. The summed E-state index contributed by atoms with van der Waals surface area (Å²) in [5, 5.41) is 18.1. The first-order chi connectivity index (χ1) is 9.90. The van der Waals surface area contributed by atoms with Gasteiger partial charge in [-0.2, -0.15) is 0 Å². The number of aromatic nitrogens is 3. The third-order valence-electron chi connectivity index (χ3n) is 3.67. The second-order valence-electron chi connectivity index (χ2n) is 6.16. The Balaban J connectivity index is 2.17. The Morgan fingerprint density at radius 3 is 2.62 bits per heavy atom. The quantitative estimate of drug-likeness (QED) is 0.744. The van der Waals surface area contributed by atoms with Crippen LogP contribution >= 0.6 is 11.8 Å². The predicted octanol–water partition coefficient (Wildman–Crippen LogP) is 2.66. The molecule has 0 amide bonds. The first-order valence-corrected chi connectivity index (χ1v) is 8.41. The maximum Gasteiger partial charge on any atom is 0.313 e. The third-order valence-corrected chi connectivity index (χ3v) is 4.60. The molecule has 1 aliphatic rings. The molecule has 1 heterocycles. The Morgan fingerprint density at radius 2 is 2.10 bits per heavy atom. The highest BCUT2D eigenvalue weighted by molar-refractivity contribution is 7.99. The molecule has 1 aromatic rings. The number of hydrogen-bond donors (Lipinski definition) is 1. The Morgan fingerprint density at radius 1 is 1.43 bits per heavy atom. The zero-order chi connectivity index (χ0) is 15.6. The smallest absolute Gasteiger partial charge is 0.313 e. The van der Waals surface area contributed by atoms with E-state index in [4.69, 9.17) is 5.11 Å². The van der Waals surface area contributed by atoms with Crippen molar-refractivity contribution in [1.82, 2.24) is 14.8 Å². The molecule has 1 aliphatic carbocycles. The number of rotatable bonds is 8. The van der Waals surface area contributed by atoms with E-state index in [2.05, 4.69) is 40.4 Å². The minimum atomic E-state index is -0.826. The molecule has 0 aromatic carbocycles. The van der Waals surface area contributed by atoms with Crippen molar-refractivity contribution in [3.63, 3.8) is 0 Å². The van der Waals surface area contributed by atoms with Crippen LogP contribution in [0.3, 0.4) is 0 Å². The van der Waals surface area contributed by atoms with Gasteiger partial charge in [-0.3, -0.25) is 9.36 Å². The van der Waals surface area contributed by atoms with Crippen LogP contribution in [-0.4, -0.2) is 44.7 Å². The van der Waals surface area contributed by atoms with Gasteiger partial charge in [-0.05, 0) is 32.1 Å². The molecule has 1 saturated carbocycles. The number of hydrogen-bond acceptors (Lipinski definition) is 5. The lowest BCUT2D eigenvalue weighted by Gasteiger charge is -2.27. The maximum absolute atomic E-state index is 10.8. The van der Waals surface area contributed by atoms with Crippen LogP contribution in [0.15, 0.2) is 5.16 Å². The fourth-order valence-electron chi connectivity index (χ4n) is 2.42. The van der Waals surface area contributed by atoms with E-state index in [0.717, 1.165) is 30.4 Å². The molecule has 1 fully saturated rings. The van der Waals surface area contributed by atoms with Gasteiger partial charge in [0.2, 0.25) is 5.95 Å². The number of carbonyl (C=O) groups is 1. The third kappa shape index (κ3) is 4.12. The number of aliphatic carboxylic acids is 1. The van der Waals surface area contributed by atoms with Crippen molar-refractivity contribution in [3.05, 3.63) is 0 Å². The molecule has 7 heteroatoms. The zero-order valence-electron chi connectivity index (χ0n) is 13.1. The Bertz CT molecular complexity index is 499. The molecule has 0 saturated heterocycles. The second kappa shape index (κ2) is 6.68. The van der Waals surface area contributed by atoms with Crippen molar-refractivity contribution in [2.45, 2.75) is 57.3 Å². The average molecular weight is 312 g/mol. The van der Waals surface area contributed by atoms with E-state index in [0.29, 0.717) is 18.0 Å². The minimum Gasteiger partial charge on any atom is -0.481 e. The van der Waals surface area contributed by atoms with Crippen molar-refractivity contribution in [2.75, 3.05) is 17.7 Å². The predicted molar refractivity (Wildman–Crippen MR) is 84.0 cm³/mol. The fraction of sp³-hybridized carbons (Fsp3) is 0.786. The van der Waals surface area contributed by atoms with Crippen molar-refractivity contribution >= 4 is 23.7 Å². The molecule has 1 N–H and O–H groups in total. The highest BCUT2D eigenvalue weighted by atomic mass is 32.2. The summed E-state index contributed by atoms with van der Waals surface area (Å²) in [5.41, 5.74) is 0. The van der Waals surface area contributed by atoms with E-state index in [1.807, 2.05) is 7.05 Å². The molecule has 2 rings (SSSR count). The molecule has 118 valence electrons. The lowest BCUT2D eigenvalue weighted by atomic mass is 10.0. The van der Waals surface area contributed by atoms with Gasteiger partial charge in [0.25, 0.3) is 0 Å². The molecule has 6 nitrogen and oxygen atoms in total. The summed E-state index contributed by atoms with van der Waals surface area (Å²) in [6, 6.07) is 0.809. The largest absolute Gasteiger partial charge is 0.481 e. The van der Waals surface area contributed by atoms with E-state index in [9.17, 15) is 4.79 Å². The molecular weight excluding hydrogens is 288 g/mol. The van der Waals surface area contributed by atoms with Crippen LogP contribution in [0.5, 0.6) is 0 Å². The summed E-state index contributed by atoms with van der Waals surface area (Å²) in [6.45, 7) is 6.62. The summed E-state index contributed by atoms with van der Waals surface area (Å²) in [5.74, 6) is 0.684. The molecule has 0 spiro atoms. The van der Waals surface area contributed by atoms with Gasteiger partial charge in [-0.1, -0.05) is 25.6 Å². The molecule has 0 radical (unpaired) electrons. The summed E-state index contributed by atoms with van der Waals surface area (Å²) < 4.78 is 2.12. The maximum atomic E-state index is 10.8. The van der Waals surface area contributed by atoms with Gasteiger partial charge < -0.3 is 10.0 Å². The standard InChI is InChI=1S/C14H24N4O2S/c1-9(2)7-10(3)17(4)13-15-16-14(21-8-12(19)20)18(13)11-5-6-11/h9-11H,5-8H2,1-4H3,(H,19,20). The topological polar surface area (TPSA) is 71.2 Å². The average Bonchev–Trinajstić information content (AvgIpc) is 3.14. The lowest BCUT2D eigenvalue weighted by Crippen LogP contribution is -2.32. The second-order valence-corrected chi connectivity index (χ2v) is 7.10. The van der Waals surface area contributed by atoms with Gasteiger partial charge in [-0.25, -0.2) is 0 Å². The van der Waals surface area contributed by atoms with E-state index in [-0.39, 0.29) is 5.75 Å². The van der Waals surface area contributed by atoms with Gasteiger partial charge in [0, 0.05) is 19.1 Å². The molecule has 0 aliphatic heterocycles. The molecular formula is C14H24N4O2S. The summed E-state index contributed by atoms with van der Waals surface area (Å²) in [4.78, 5) is 12.9.